The molecule has 0 bridgehead atoms. The first-order valence-electron chi connectivity index (χ1n) is 7.96. The van der Waals surface area contributed by atoms with Gasteiger partial charge in [-0.1, -0.05) is 19.8 Å². The van der Waals surface area contributed by atoms with E-state index in [0.29, 0.717) is 6.10 Å². The molecule has 1 saturated carbocycles. The van der Waals surface area contributed by atoms with Crippen LogP contribution in [0.25, 0.3) is 0 Å². The molecule has 0 aromatic carbocycles. The second-order valence-corrected chi connectivity index (χ2v) is 5.87. The zero-order chi connectivity index (χ0) is 12.6. The van der Waals surface area contributed by atoms with Crippen LogP contribution < -0.4 is 5.32 Å². The van der Waals surface area contributed by atoms with Crippen LogP contribution in [0.4, 0.5) is 0 Å². The predicted octanol–water partition coefficient (Wildman–Crippen LogP) is 2.41. The van der Waals surface area contributed by atoms with Crippen molar-refractivity contribution in [1.29, 1.82) is 0 Å². The number of hydrogen-bond donors (Lipinski definition) is 1. The Morgan fingerprint density at radius 3 is 2.67 bits per heavy atom. The summed E-state index contributed by atoms with van der Waals surface area (Å²) in [5.41, 5.74) is 0. The van der Waals surface area contributed by atoms with E-state index >= 15 is 0 Å². The minimum absolute atomic E-state index is 0.431. The van der Waals surface area contributed by atoms with Gasteiger partial charge in [-0.25, -0.2) is 0 Å². The van der Waals surface area contributed by atoms with E-state index in [0.717, 1.165) is 25.7 Å². The molecule has 1 N–H and O–H groups in total. The fourth-order valence-corrected chi connectivity index (χ4v) is 2.68. The summed E-state index contributed by atoms with van der Waals surface area (Å²) in [5.74, 6) is 0. The second kappa shape index (κ2) is 8.13. The van der Waals surface area contributed by atoms with Gasteiger partial charge in [0.2, 0.25) is 0 Å². The van der Waals surface area contributed by atoms with Crippen molar-refractivity contribution in [2.24, 2.45) is 0 Å². The van der Waals surface area contributed by atoms with Gasteiger partial charge in [0.25, 0.3) is 0 Å². The van der Waals surface area contributed by atoms with Gasteiger partial charge in [-0.2, -0.15) is 0 Å². The maximum Gasteiger partial charge on any atom is 0.0700 e. The summed E-state index contributed by atoms with van der Waals surface area (Å²) >= 11 is 0. The van der Waals surface area contributed by atoms with Crippen LogP contribution in [-0.4, -0.2) is 49.8 Å². The molecular formula is C15H30N2O. The van der Waals surface area contributed by atoms with Crippen molar-refractivity contribution in [3.8, 4) is 0 Å². The first-order valence-corrected chi connectivity index (χ1v) is 7.96. The topological polar surface area (TPSA) is 24.5 Å². The van der Waals surface area contributed by atoms with Crippen molar-refractivity contribution < 1.29 is 4.74 Å². The lowest BCUT2D eigenvalue weighted by Gasteiger charge is -2.27. The first kappa shape index (κ1) is 14.3. The molecule has 2 aliphatic rings. The van der Waals surface area contributed by atoms with E-state index in [1.165, 1.54) is 58.0 Å². The molecule has 18 heavy (non-hydrogen) atoms. The molecule has 1 aliphatic carbocycles. The highest BCUT2D eigenvalue weighted by Gasteiger charge is 2.22. The van der Waals surface area contributed by atoms with Gasteiger partial charge in [0.1, 0.15) is 0 Å². The van der Waals surface area contributed by atoms with Crippen molar-refractivity contribution in [2.45, 2.75) is 64.0 Å². The van der Waals surface area contributed by atoms with E-state index in [1.807, 2.05) is 0 Å². The number of likely N-dealkylation sites (tertiary alicyclic amines) is 1. The summed E-state index contributed by atoms with van der Waals surface area (Å²) in [5, 5.41) is 3.59. The molecule has 106 valence electrons. The molecule has 2 rings (SSSR count). The van der Waals surface area contributed by atoms with Crippen LogP contribution >= 0.6 is 0 Å². The molecule has 3 heteroatoms. The highest BCUT2D eigenvalue weighted by atomic mass is 16.5. The molecular weight excluding hydrogens is 224 g/mol. The number of ether oxygens (including phenoxy) is 1. The smallest absolute Gasteiger partial charge is 0.0700 e. The predicted molar refractivity (Wildman–Crippen MR) is 76.0 cm³/mol. The largest absolute Gasteiger partial charge is 0.376 e. The minimum atomic E-state index is 0.431. The third-order valence-electron chi connectivity index (χ3n) is 4.03. The molecule has 1 saturated heterocycles. The average Bonchev–Trinajstić information content (AvgIpc) is 3.21. The lowest BCUT2D eigenvalue weighted by molar-refractivity contribution is 0.0294. The monoisotopic (exact) mass is 254 g/mol. The van der Waals surface area contributed by atoms with Crippen molar-refractivity contribution in [2.75, 3.05) is 32.8 Å². The van der Waals surface area contributed by atoms with Crippen LogP contribution in [0, 0.1) is 0 Å². The maximum absolute atomic E-state index is 6.06. The summed E-state index contributed by atoms with van der Waals surface area (Å²) in [6.45, 7) is 7.90. The number of piperidine rings is 1. The molecule has 2 fully saturated rings. The fraction of sp³-hybridized carbons (Fsp3) is 1.00. The first-order chi connectivity index (χ1) is 8.88. The molecule has 0 aromatic heterocycles. The Bertz CT molecular complexity index is 213. The maximum atomic E-state index is 6.06. The Labute approximate surface area is 112 Å². The van der Waals surface area contributed by atoms with Crippen molar-refractivity contribution in [3.05, 3.63) is 0 Å². The Hall–Kier alpha value is -0.120. The third-order valence-corrected chi connectivity index (χ3v) is 4.03. The summed E-state index contributed by atoms with van der Waals surface area (Å²) in [7, 11) is 0. The highest BCUT2D eigenvalue weighted by molar-refractivity contribution is 4.82. The fourth-order valence-electron chi connectivity index (χ4n) is 2.68. The summed E-state index contributed by atoms with van der Waals surface area (Å²) in [6, 6.07) is 0.801. The number of nitrogens with one attached hydrogen (secondary N) is 1. The molecule has 1 unspecified atom stereocenters. The third kappa shape index (κ3) is 5.68. The molecule has 0 radical (unpaired) electrons. The molecule has 0 amide bonds. The Kier molecular flexibility index (Phi) is 6.46. The van der Waals surface area contributed by atoms with E-state index in [-0.39, 0.29) is 0 Å². The van der Waals surface area contributed by atoms with Crippen LogP contribution in [0.3, 0.4) is 0 Å². The Balaban J connectivity index is 1.55. The van der Waals surface area contributed by atoms with Crippen LogP contribution in [0.1, 0.15) is 51.9 Å². The van der Waals surface area contributed by atoms with Crippen LogP contribution in [0.2, 0.25) is 0 Å². The Morgan fingerprint density at radius 2 is 2.00 bits per heavy atom. The quantitative estimate of drug-likeness (QED) is 0.684. The molecule has 1 aliphatic heterocycles. The van der Waals surface area contributed by atoms with Gasteiger partial charge in [0.05, 0.1) is 12.7 Å². The van der Waals surface area contributed by atoms with Crippen LogP contribution in [-0.2, 0) is 4.74 Å². The second-order valence-electron chi connectivity index (χ2n) is 5.87. The van der Waals surface area contributed by atoms with E-state index < -0.39 is 0 Å². The standard InChI is InChI=1S/C15H30N2O/c1-2-6-15(13-16-14-7-8-14)18-12-11-17-9-4-3-5-10-17/h14-16H,2-13H2,1H3. The average molecular weight is 254 g/mol. The zero-order valence-electron chi connectivity index (χ0n) is 12.0. The van der Waals surface area contributed by atoms with Gasteiger partial charge in [-0.15, -0.1) is 0 Å². The summed E-state index contributed by atoms with van der Waals surface area (Å²) < 4.78 is 6.06. The minimum Gasteiger partial charge on any atom is -0.376 e. The summed E-state index contributed by atoms with van der Waals surface area (Å²) in [6.07, 6.45) is 9.75. The van der Waals surface area contributed by atoms with Gasteiger partial charge in [0.15, 0.2) is 0 Å². The van der Waals surface area contributed by atoms with Crippen molar-refractivity contribution in [1.82, 2.24) is 10.2 Å². The normalized spacial score (nSPS) is 23.2. The molecule has 1 atom stereocenters. The number of hydrogen-bond acceptors (Lipinski definition) is 3. The highest BCUT2D eigenvalue weighted by Crippen LogP contribution is 2.19. The van der Waals surface area contributed by atoms with Gasteiger partial charge in [0, 0.05) is 19.1 Å². The van der Waals surface area contributed by atoms with Crippen LogP contribution in [0.5, 0.6) is 0 Å². The molecule has 0 spiro atoms. The summed E-state index contributed by atoms with van der Waals surface area (Å²) in [4.78, 5) is 2.56. The van der Waals surface area contributed by atoms with Crippen molar-refractivity contribution in [3.63, 3.8) is 0 Å². The van der Waals surface area contributed by atoms with Crippen LogP contribution in [0.15, 0.2) is 0 Å². The zero-order valence-corrected chi connectivity index (χ0v) is 12.0. The van der Waals surface area contributed by atoms with Gasteiger partial charge < -0.3 is 15.0 Å². The number of nitrogens with zero attached hydrogens (tertiary/aromatic N) is 1. The van der Waals surface area contributed by atoms with E-state index in [9.17, 15) is 0 Å². The van der Waals surface area contributed by atoms with Gasteiger partial charge >= 0.3 is 0 Å². The molecule has 0 aromatic rings. The SMILES string of the molecule is CCCC(CNC1CC1)OCCN1CCCCC1. The van der Waals surface area contributed by atoms with E-state index in [2.05, 4.69) is 17.1 Å². The van der Waals surface area contributed by atoms with E-state index in [4.69, 9.17) is 4.74 Å². The van der Waals surface area contributed by atoms with Gasteiger partial charge in [-0.05, 0) is 45.2 Å². The lowest BCUT2D eigenvalue weighted by atomic mass is 10.1. The van der Waals surface area contributed by atoms with Crippen molar-refractivity contribution >= 4 is 0 Å². The Morgan fingerprint density at radius 1 is 1.22 bits per heavy atom. The number of rotatable bonds is 9. The van der Waals surface area contributed by atoms with E-state index in [1.54, 1.807) is 0 Å². The lowest BCUT2D eigenvalue weighted by Crippen LogP contribution is -2.36. The van der Waals surface area contributed by atoms with Gasteiger partial charge in [-0.3, -0.25) is 0 Å². The molecule has 1 heterocycles. The molecule has 3 nitrogen and oxygen atoms in total.